The highest BCUT2D eigenvalue weighted by atomic mass is 16.7. The van der Waals surface area contributed by atoms with Gasteiger partial charge in [-0.25, -0.2) is 4.79 Å². The van der Waals surface area contributed by atoms with E-state index in [-0.39, 0.29) is 11.3 Å². The molecule has 1 fully saturated rings. The largest absolute Gasteiger partial charge is 0.496 e. The predicted octanol–water partition coefficient (Wildman–Crippen LogP) is -0.164. The second-order valence-electron chi connectivity index (χ2n) is 7.23. The second-order valence-corrected chi connectivity index (χ2v) is 7.23. The average Bonchev–Trinajstić information content (AvgIpc) is 2.66. The van der Waals surface area contributed by atoms with Gasteiger partial charge < -0.3 is 39.4 Å². The highest BCUT2D eigenvalue weighted by Gasteiger charge is 2.45. The summed E-state index contributed by atoms with van der Waals surface area (Å²) in [5.74, 6) is -0.143. The van der Waals surface area contributed by atoms with Crippen molar-refractivity contribution in [1.82, 2.24) is 0 Å². The van der Waals surface area contributed by atoms with E-state index in [1.807, 2.05) is 26.0 Å². The van der Waals surface area contributed by atoms with Crippen LogP contribution in [0.1, 0.15) is 29.8 Å². The van der Waals surface area contributed by atoms with E-state index in [1.165, 1.54) is 13.2 Å². The van der Waals surface area contributed by atoms with Gasteiger partial charge in [0.25, 0.3) is 0 Å². The zero-order valence-electron chi connectivity index (χ0n) is 15.7. The van der Waals surface area contributed by atoms with Gasteiger partial charge in [-0.3, -0.25) is 0 Å². The topological polar surface area (TPSA) is 135 Å². The number of hydrogen-bond donors (Lipinski definition) is 4. The van der Waals surface area contributed by atoms with E-state index >= 15 is 0 Å². The van der Waals surface area contributed by atoms with E-state index in [0.717, 1.165) is 0 Å². The molecule has 2 heterocycles. The maximum absolute atomic E-state index is 12.7. The number of aliphatic hydroxyl groups is 4. The molecule has 0 spiro atoms. The number of aliphatic hydroxyl groups excluding tert-OH is 4. The molecule has 9 heteroatoms. The number of methoxy groups -OCH3 is 1. The van der Waals surface area contributed by atoms with Crippen LogP contribution < -0.4 is 9.47 Å². The van der Waals surface area contributed by atoms with E-state index in [2.05, 4.69) is 0 Å². The maximum Gasteiger partial charge on any atom is 0.344 e. The lowest BCUT2D eigenvalue weighted by atomic mass is 9.99. The van der Waals surface area contributed by atoms with Crippen LogP contribution in [0.25, 0.3) is 6.08 Å². The summed E-state index contributed by atoms with van der Waals surface area (Å²) in [6, 6.07) is 3.08. The third kappa shape index (κ3) is 3.85. The summed E-state index contributed by atoms with van der Waals surface area (Å²) in [4.78, 5) is 12.7. The van der Waals surface area contributed by atoms with Crippen LogP contribution in [0.5, 0.6) is 11.5 Å². The molecule has 3 rings (SSSR count). The first-order chi connectivity index (χ1) is 13.2. The number of rotatable bonds is 4. The minimum Gasteiger partial charge on any atom is -0.496 e. The van der Waals surface area contributed by atoms with Gasteiger partial charge in [-0.2, -0.15) is 0 Å². The fraction of sp³-hybridized carbons (Fsp3) is 0.526. The Kier molecular flexibility index (Phi) is 5.64. The van der Waals surface area contributed by atoms with E-state index in [1.54, 1.807) is 6.07 Å². The van der Waals surface area contributed by atoms with Gasteiger partial charge >= 0.3 is 5.97 Å². The normalized spacial score (nSPS) is 30.9. The molecule has 1 aromatic rings. The zero-order chi connectivity index (χ0) is 20.6. The number of carbonyl (C=O) groups excluding carboxylic acids is 1. The summed E-state index contributed by atoms with van der Waals surface area (Å²) in [6.07, 6.45) is -3.98. The predicted molar refractivity (Wildman–Crippen MR) is 95.9 cm³/mol. The SMILES string of the molecule is COc1cc2c(cc1C(=O)OC1OC(CO)[C@@H](O)C(O)[C@H]1O)C=CC(C)(C)O2. The van der Waals surface area contributed by atoms with Crippen LogP contribution in [0.2, 0.25) is 0 Å². The molecule has 2 aliphatic heterocycles. The monoisotopic (exact) mass is 396 g/mol. The minimum atomic E-state index is -1.69. The molecule has 0 aliphatic carbocycles. The van der Waals surface area contributed by atoms with Crippen molar-refractivity contribution in [3.63, 3.8) is 0 Å². The zero-order valence-corrected chi connectivity index (χ0v) is 15.7. The summed E-state index contributed by atoms with van der Waals surface area (Å²) >= 11 is 0. The third-order valence-electron chi connectivity index (χ3n) is 4.66. The van der Waals surface area contributed by atoms with E-state index in [4.69, 9.17) is 18.9 Å². The molecule has 154 valence electrons. The van der Waals surface area contributed by atoms with E-state index in [0.29, 0.717) is 11.3 Å². The standard InChI is InChI=1S/C19H24O9/c1-19(2)5-4-9-6-10(12(25-3)7-11(9)28-19)17(24)27-18-16(23)15(22)14(21)13(8-20)26-18/h4-7,13-16,18,20-23H,8H2,1-3H3/t13?,14-,15?,16-,18?/m1/s1. The molecule has 1 aromatic carbocycles. The lowest BCUT2D eigenvalue weighted by Gasteiger charge is -2.39. The lowest BCUT2D eigenvalue weighted by Crippen LogP contribution is -2.59. The summed E-state index contributed by atoms with van der Waals surface area (Å²) in [5, 5.41) is 38.9. The van der Waals surface area contributed by atoms with Crippen LogP contribution in [0.4, 0.5) is 0 Å². The van der Waals surface area contributed by atoms with Crippen LogP contribution in [-0.4, -0.2) is 76.4 Å². The van der Waals surface area contributed by atoms with Crippen LogP contribution >= 0.6 is 0 Å². The molecule has 5 atom stereocenters. The molecule has 1 saturated heterocycles. The summed E-state index contributed by atoms with van der Waals surface area (Å²) in [5.41, 5.74) is 0.197. The summed E-state index contributed by atoms with van der Waals surface area (Å²) < 4.78 is 21.5. The highest BCUT2D eigenvalue weighted by molar-refractivity contribution is 5.94. The van der Waals surface area contributed by atoms with Crippen molar-refractivity contribution in [1.29, 1.82) is 0 Å². The molecule has 0 saturated carbocycles. The second kappa shape index (κ2) is 7.69. The van der Waals surface area contributed by atoms with Crippen LogP contribution in [0.3, 0.4) is 0 Å². The van der Waals surface area contributed by atoms with Gasteiger partial charge in [0.1, 0.15) is 47.1 Å². The molecule has 2 aliphatic rings. The van der Waals surface area contributed by atoms with Crippen molar-refractivity contribution in [3.8, 4) is 11.5 Å². The van der Waals surface area contributed by atoms with Crippen molar-refractivity contribution < 1.29 is 44.2 Å². The quantitative estimate of drug-likeness (QED) is 0.512. The average molecular weight is 396 g/mol. The van der Waals surface area contributed by atoms with Crippen molar-refractivity contribution in [2.45, 2.75) is 50.2 Å². The number of esters is 1. The fourth-order valence-electron chi connectivity index (χ4n) is 3.07. The van der Waals surface area contributed by atoms with Crippen molar-refractivity contribution in [2.75, 3.05) is 13.7 Å². The van der Waals surface area contributed by atoms with Crippen molar-refractivity contribution >= 4 is 12.0 Å². The Labute approximate surface area is 161 Å². The fourth-order valence-corrected chi connectivity index (χ4v) is 3.07. The molecule has 28 heavy (non-hydrogen) atoms. The summed E-state index contributed by atoms with van der Waals surface area (Å²) in [6.45, 7) is 3.15. The van der Waals surface area contributed by atoms with E-state index in [9.17, 15) is 25.2 Å². The van der Waals surface area contributed by atoms with Gasteiger partial charge in [0, 0.05) is 11.6 Å². The van der Waals surface area contributed by atoms with Gasteiger partial charge in [0.15, 0.2) is 0 Å². The first-order valence-electron chi connectivity index (χ1n) is 8.78. The Morgan fingerprint density at radius 1 is 1.18 bits per heavy atom. The Hall–Kier alpha value is -2.17. The molecule has 0 aromatic heterocycles. The molecule has 9 nitrogen and oxygen atoms in total. The van der Waals surface area contributed by atoms with Gasteiger partial charge in [0.2, 0.25) is 6.29 Å². The smallest absolute Gasteiger partial charge is 0.344 e. The lowest BCUT2D eigenvalue weighted by molar-refractivity contribution is -0.285. The molecular formula is C19H24O9. The van der Waals surface area contributed by atoms with Crippen LogP contribution in [0.15, 0.2) is 18.2 Å². The van der Waals surface area contributed by atoms with Crippen molar-refractivity contribution in [2.24, 2.45) is 0 Å². The highest BCUT2D eigenvalue weighted by Crippen LogP contribution is 2.36. The Balaban J connectivity index is 1.84. The Morgan fingerprint density at radius 2 is 1.89 bits per heavy atom. The number of carbonyl (C=O) groups is 1. The van der Waals surface area contributed by atoms with Crippen molar-refractivity contribution in [3.05, 3.63) is 29.3 Å². The molecule has 3 unspecified atom stereocenters. The third-order valence-corrected chi connectivity index (χ3v) is 4.66. The Bertz CT molecular complexity index is 771. The van der Waals surface area contributed by atoms with Gasteiger partial charge in [-0.05, 0) is 26.0 Å². The molecule has 0 bridgehead atoms. The maximum atomic E-state index is 12.7. The molecular weight excluding hydrogens is 372 g/mol. The van der Waals surface area contributed by atoms with Gasteiger partial charge in [-0.15, -0.1) is 0 Å². The first-order valence-corrected chi connectivity index (χ1v) is 8.78. The molecule has 4 N–H and O–H groups in total. The molecule has 0 radical (unpaired) electrons. The van der Waals surface area contributed by atoms with Gasteiger partial charge in [0.05, 0.1) is 13.7 Å². The number of benzene rings is 1. The van der Waals surface area contributed by atoms with Gasteiger partial charge in [-0.1, -0.05) is 6.08 Å². The molecule has 0 amide bonds. The van der Waals surface area contributed by atoms with Crippen LogP contribution in [-0.2, 0) is 9.47 Å². The number of ether oxygens (including phenoxy) is 4. The summed E-state index contributed by atoms with van der Waals surface area (Å²) in [7, 11) is 1.39. The number of fused-ring (bicyclic) bond motifs is 1. The first kappa shape index (κ1) is 20.6. The number of hydrogen-bond acceptors (Lipinski definition) is 9. The van der Waals surface area contributed by atoms with E-state index < -0.39 is 48.9 Å². The Morgan fingerprint density at radius 3 is 2.54 bits per heavy atom. The van der Waals surface area contributed by atoms with Crippen LogP contribution in [0, 0.1) is 0 Å². The minimum absolute atomic E-state index is 0.0613.